The van der Waals surface area contributed by atoms with Crippen molar-refractivity contribution in [1.82, 2.24) is 10.2 Å². The molecule has 7 nitrogen and oxygen atoms in total. The van der Waals surface area contributed by atoms with Gasteiger partial charge in [0.1, 0.15) is 0 Å². The highest BCUT2D eigenvalue weighted by molar-refractivity contribution is 6.24. The second kappa shape index (κ2) is 5.90. The second-order valence-corrected chi connectivity index (χ2v) is 2.96. The van der Waals surface area contributed by atoms with Gasteiger partial charge in [-0.3, -0.25) is 9.59 Å². The molecular weight excluding hydrogens is 200 g/mol. The van der Waals surface area contributed by atoms with Crippen LogP contribution in [0.4, 0.5) is 0 Å². The fourth-order valence-electron chi connectivity index (χ4n) is 1.19. The molecule has 0 aromatic heterocycles. The largest absolute Gasteiger partial charge is 0.378 e. The Bertz CT molecular complexity index is 292. The second-order valence-electron chi connectivity index (χ2n) is 2.96. The van der Waals surface area contributed by atoms with Gasteiger partial charge in [0, 0.05) is 13.1 Å². The minimum absolute atomic E-state index is 0.0924. The summed E-state index contributed by atoms with van der Waals surface area (Å²) in [5.41, 5.74) is 8.05. The predicted octanol–water partition coefficient (Wildman–Crippen LogP) is -1.74. The van der Waals surface area contributed by atoms with Gasteiger partial charge >= 0.3 is 12.1 Å². The summed E-state index contributed by atoms with van der Waals surface area (Å²) in [4.78, 5) is 26.4. The monoisotopic (exact) mass is 212 g/mol. The van der Waals surface area contributed by atoms with E-state index >= 15 is 0 Å². The summed E-state index contributed by atoms with van der Waals surface area (Å²) in [5, 5.41) is 2.30. The SMILES string of the molecule is [N-]=[N+]=CC(=O)NCC(=O)N1CCOCC1. The van der Waals surface area contributed by atoms with Crippen molar-refractivity contribution in [1.29, 1.82) is 0 Å². The first-order valence-corrected chi connectivity index (χ1v) is 4.55. The summed E-state index contributed by atoms with van der Waals surface area (Å²) in [5.74, 6) is -0.767. The van der Waals surface area contributed by atoms with Gasteiger partial charge in [-0.1, -0.05) is 0 Å². The van der Waals surface area contributed by atoms with E-state index in [0.717, 1.165) is 0 Å². The highest BCUT2D eigenvalue weighted by atomic mass is 16.5. The van der Waals surface area contributed by atoms with Crippen LogP contribution in [0.5, 0.6) is 0 Å². The van der Waals surface area contributed by atoms with E-state index in [1.54, 1.807) is 4.90 Å². The van der Waals surface area contributed by atoms with Crippen LogP contribution in [0.2, 0.25) is 0 Å². The van der Waals surface area contributed by atoms with Crippen molar-refractivity contribution < 1.29 is 19.1 Å². The Morgan fingerprint density at radius 1 is 1.47 bits per heavy atom. The normalized spacial score (nSPS) is 15.3. The molecule has 1 saturated heterocycles. The smallest absolute Gasteiger partial charge is 0.344 e. The molecule has 0 aromatic rings. The third kappa shape index (κ3) is 3.88. The quantitative estimate of drug-likeness (QED) is 0.342. The average Bonchev–Trinajstić information content (AvgIpc) is 2.27. The maximum absolute atomic E-state index is 11.5. The van der Waals surface area contributed by atoms with Crippen molar-refractivity contribution in [3.05, 3.63) is 5.53 Å². The number of hydrogen-bond donors (Lipinski definition) is 1. The molecule has 7 heteroatoms. The molecule has 0 spiro atoms. The van der Waals surface area contributed by atoms with Crippen molar-refractivity contribution in [2.24, 2.45) is 0 Å². The zero-order chi connectivity index (χ0) is 11.1. The summed E-state index contributed by atoms with van der Waals surface area (Å²) >= 11 is 0. The van der Waals surface area contributed by atoms with Crippen molar-refractivity contribution in [2.45, 2.75) is 0 Å². The van der Waals surface area contributed by atoms with E-state index in [2.05, 4.69) is 10.1 Å². The summed E-state index contributed by atoms with van der Waals surface area (Å²) in [6.07, 6.45) is 0.701. The molecule has 0 radical (unpaired) electrons. The summed E-state index contributed by atoms with van der Waals surface area (Å²) in [7, 11) is 0. The molecular formula is C8H12N4O3. The number of hydrogen-bond acceptors (Lipinski definition) is 3. The Kier molecular flexibility index (Phi) is 4.46. The van der Waals surface area contributed by atoms with Crippen molar-refractivity contribution >= 4 is 18.0 Å². The number of amides is 2. The molecule has 2 amide bonds. The number of nitrogens with one attached hydrogen (secondary N) is 1. The van der Waals surface area contributed by atoms with E-state index in [-0.39, 0.29) is 12.5 Å². The van der Waals surface area contributed by atoms with Crippen LogP contribution in [0.15, 0.2) is 0 Å². The number of carbonyl (C=O) groups excluding carboxylic acids is 2. The first-order chi connectivity index (χ1) is 7.24. The van der Waals surface area contributed by atoms with Crippen LogP contribution in [-0.4, -0.2) is 60.6 Å². The Labute approximate surface area is 86.6 Å². The molecule has 1 N–H and O–H groups in total. The molecule has 1 rings (SSSR count). The van der Waals surface area contributed by atoms with Gasteiger partial charge in [0.25, 0.3) is 0 Å². The number of nitrogens with zero attached hydrogens (tertiary/aromatic N) is 3. The molecule has 0 aliphatic carbocycles. The van der Waals surface area contributed by atoms with Crippen molar-refractivity contribution in [2.75, 3.05) is 32.8 Å². The zero-order valence-electron chi connectivity index (χ0n) is 8.18. The highest BCUT2D eigenvalue weighted by Crippen LogP contribution is 1.96. The molecule has 1 aliphatic heterocycles. The van der Waals surface area contributed by atoms with E-state index in [4.69, 9.17) is 10.3 Å². The molecule has 15 heavy (non-hydrogen) atoms. The zero-order valence-corrected chi connectivity index (χ0v) is 8.18. The van der Waals surface area contributed by atoms with Crippen LogP contribution >= 0.6 is 0 Å². The van der Waals surface area contributed by atoms with Crippen LogP contribution < -0.4 is 5.32 Å². The third-order valence-corrected chi connectivity index (χ3v) is 1.95. The van der Waals surface area contributed by atoms with Crippen LogP contribution in [0, 0.1) is 0 Å². The Balaban J connectivity index is 2.28. The number of carbonyl (C=O) groups is 2. The first-order valence-electron chi connectivity index (χ1n) is 4.55. The molecule has 0 aromatic carbocycles. The number of morpholine rings is 1. The lowest BCUT2D eigenvalue weighted by Crippen LogP contribution is -2.45. The lowest BCUT2D eigenvalue weighted by atomic mass is 10.4. The van der Waals surface area contributed by atoms with Crippen LogP contribution in [0.3, 0.4) is 0 Å². The fourth-order valence-corrected chi connectivity index (χ4v) is 1.19. The van der Waals surface area contributed by atoms with Gasteiger partial charge in [-0.15, -0.1) is 0 Å². The van der Waals surface area contributed by atoms with Gasteiger partial charge in [0.05, 0.1) is 19.8 Å². The maximum Gasteiger partial charge on any atom is 0.344 e. The van der Waals surface area contributed by atoms with Crippen molar-refractivity contribution in [3.8, 4) is 0 Å². The minimum Gasteiger partial charge on any atom is -0.378 e. The van der Waals surface area contributed by atoms with E-state index in [1.807, 2.05) is 0 Å². The Morgan fingerprint density at radius 3 is 2.73 bits per heavy atom. The van der Waals surface area contributed by atoms with E-state index < -0.39 is 5.91 Å². The Hall–Kier alpha value is -1.72. The molecule has 0 unspecified atom stereocenters. The molecule has 0 bridgehead atoms. The topological polar surface area (TPSA) is 95.0 Å². The van der Waals surface area contributed by atoms with Gasteiger partial charge < -0.3 is 20.5 Å². The minimum atomic E-state index is -0.598. The highest BCUT2D eigenvalue weighted by Gasteiger charge is 2.17. The van der Waals surface area contributed by atoms with E-state index in [1.165, 1.54) is 0 Å². The van der Waals surface area contributed by atoms with Gasteiger partial charge in [-0.2, -0.15) is 4.79 Å². The van der Waals surface area contributed by atoms with E-state index in [9.17, 15) is 9.59 Å². The van der Waals surface area contributed by atoms with Crippen LogP contribution in [0.25, 0.3) is 5.53 Å². The van der Waals surface area contributed by atoms with Crippen molar-refractivity contribution in [3.63, 3.8) is 0 Å². The lowest BCUT2D eigenvalue weighted by molar-refractivity contribution is -0.135. The summed E-state index contributed by atoms with van der Waals surface area (Å²) in [6, 6.07) is 0. The average molecular weight is 212 g/mol. The Morgan fingerprint density at radius 2 is 2.13 bits per heavy atom. The van der Waals surface area contributed by atoms with Gasteiger partial charge in [0.15, 0.2) is 0 Å². The first kappa shape index (κ1) is 11.4. The van der Waals surface area contributed by atoms with Gasteiger partial charge in [-0.25, -0.2) is 0 Å². The molecule has 1 fully saturated rings. The van der Waals surface area contributed by atoms with Crippen LogP contribution in [-0.2, 0) is 14.3 Å². The lowest BCUT2D eigenvalue weighted by Gasteiger charge is -2.26. The molecule has 0 atom stereocenters. The number of rotatable bonds is 3. The maximum atomic E-state index is 11.5. The van der Waals surface area contributed by atoms with Gasteiger partial charge in [-0.05, 0) is 0 Å². The fraction of sp³-hybridized carbons (Fsp3) is 0.625. The summed E-state index contributed by atoms with van der Waals surface area (Å²) < 4.78 is 5.08. The third-order valence-electron chi connectivity index (χ3n) is 1.95. The standard InChI is InChI=1S/C8H12N4O3/c9-11-5-7(13)10-6-8(14)12-1-3-15-4-2-12/h5H,1-4,6H2,(H,10,13). The molecule has 82 valence electrons. The summed E-state index contributed by atoms with van der Waals surface area (Å²) in [6.45, 7) is 2.05. The molecule has 0 saturated carbocycles. The van der Waals surface area contributed by atoms with Crippen LogP contribution in [0.1, 0.15) is 0 Å². The predicted molar refractivity (Wildman–Crippen MR) is 50.1 cm³/mol. The molecule has 1 aliphatic rings. The van der Waals surface area contributed by atoms with E-state index in [0.29, 0.717) is 32.5 Å². The number of ether oxygens (including phenoxy) is 1. The molecule has 1 heterocycles. The van der Waals surface area contributed by atoms with Gasteiger partial charge in [0.2, 0.25) is 5.91 Å².